The molecule has 2 aromatic rings. The summed E-state index contributed by atoms with van der Waals surface area (Å²) in [4.78, 5) is 114. The first-order valence-electron chi connectivity index (χ1n) is 22.0. The third-order valence-corrected chi connectivity index (χ3v) is 10.5. The van der Waals surface area contributed by atoms with Crippen LogP contribution in [-0.2, 0) is 47.8 Å². The monoisotopic (exact) mass is 979 g/mol. The summed E-state index contributed by atoms with van der Waals surface area (Å²) in [5.41, 5.74) is -0.463. The van der Waals surface area contributed by atoms with Crippen LogP contribution in [0.3, 0.4) is 0 Å². The number of rotatable bonds is 29. The molecule has 1 aliphatic rings. The Hall–Kier alpha value is -6.62. The minimum atomic E-state index is -1.27. The van der Waals surface area contributed by atoms with Crippen molar-refractivity contribution in [2.75, 3.05) is 123 Å². The van der Waals surface area contributed by atoms with E-state index in [1.165, 1.54) is 41.3 Å². The lowest BCUT2D eigenvalue weighted by molar-refractivity contribution is -0.384. The van der Waals surface area contributed by atoms with Crippen LogP contribution in [0.4, 0.5) is 11.4 Å². The number of carboxylic acid groups (broad SMARTS) is 4. The zero-order valence-electron chi connectivity index (χ0n) is 38.0. The second kappa shape index (κ2) is 30.7. The van der Waals surface area contributed by atoms with E-state index in [1.807, 2.05) is 0 Å². The molecule has 2 heterocycles. The molecule has 382 valence electrons. The summed E-state index contributed by atoms with van der Waals surface area (Å²) in [5, 5.41) is 67.7. The lowest BCUT2D eigenvalue weighted by atomic mass is 10.1. The van der Waals surface area contributed by atoms with Gasteiger partial charge in [-0.25, -0.2) is 0 Å². The molecular weight excluding hydrogens is 919 g/mol. The maximum Gasteiger partial charge on any atom is 0.320 e. The van der Waals surface area contributed by atoms with Crippen molar-refractivity contribution >= 4 is 53.0 Å². The Bertz CT molecular complexity index is 2040. The number of nitro benzene ring substituents is 1. The minimum Gasteiger partial charge on any atom is -0.480 e. The summed E-state index contributed by atoms with van der Waals surface area (Å²) < 4.78 is 16.9. The third kappa shape index (κ3) is 22.8. The molecule has 3 amide bonds. The van der Waals surface area contributed by atoms with Crippen LogP contribution in [0.25, 0.3) is 0 Å². The van der Waals surface area contributed by atoms with Crippen molar-refractivity contribution < 1.29 is 78.3 Å². The number of ether oxygens (including phenoxy) is 3. The van der Waals surface area contributed by atoms with Crippen molar-refractivity contribution in [3.63, 3.8) is 0 Å². The summed E-state index contributed by atoms with van der Waals surface area (Å²) in [6.07, 6.45) is -0.710. The Kier molecular flexibility index (Phi) is 25.2. The first kappa shape index (κ1) is 56.7. The number of carbonyl (C=O) groups is 7. The Labute approximate surface area is 395 Å². The van der Waals surface area contributed by atoms with Crippen LogP contribution in [0, 0.1) is 10.1 Å². The maximum absolute atomic E-state index is 13.0. The number of aliphatic carboxylic acids is 4. The number of anilines is 1. The number of nitrogens with one attached hydrogen (secondary N) is 3. The van der Waals surface area contributed by atoms with Gasteiger partial charge in [0.2, 0.25) is 17.7 Å². The number of non-ortho nitro benzene ring substituents is 1. The Balaban J connectivity index is 1.47. The Morgan fingerprint density at radius 1 is 0.652 bits per heavy atom. The molecule has 0 radical (unpaired) electrons. The van der Waals surface area contributed by atoms with E-state index in [1.54, 1.807) is 14.7 Å². The van der Waals surface area contributed by atoms with Crippen molar-refractivity contribution in [2.45, 2.75) is 37.8 Å². The van der Waals surface area contributed by atoms with E-state index in [0.29, 0.717) is 10.4 Å². The van der Waals surface area contributed by atoms with Crippen molar-refractivity contribution in [3.05, 3.63) is 68.6 Å². The zero-order chi connectivity index (χ0) is 50.7. The summed E-state index contributed by atoms with van der Waals surface area (Å²) >= 11 is 0. The van der Waals surface area contributed by atoms with Gasteiger partial charge in [-0.15, -0.1) is 0 Å². The molecule has 8 N–H and O–H groups in total. The lowest BCUT2D eigenvalue weighted by Crippen LogP contribution is -2.52. The van der Waals surface area contributed by atoms with Crippen LogP contribution in [0.1, 0.15) is 37.4 Å². The van der Waals surface area contributed by atoms with Gasteiger partial charge in [0.1, 0.15) is 6.04 Å². The number of amides is 3. The van der Waals surface area contributed by atoms with E-state index in [9.17, 15) is 74.1 Å². The van der Waals surface area contributed by atoms with Gasteiger partial charge in [0.25, 0.3) is 11.2 Å². The van der Waals surface area contributed by atoms with Crippen LogP contribution >= 0.6 is 0 Å². The molecule has 1 saturated heterocycles. The number of nitrogens with zero attached hydrogens (tertiary/aromatic N) is 6. The molecular formula is C42H61N9O18. The van der Waals surface area contributed by atoms with Crippen LogP contribution in [0.5, 0.6) is 0 Å². The molecule has 0 bridgehead atoms. The number of aromatic nitrogens is 1. The molecule has 3 rings (SSSR count). The highest BCUT2D eigenvalue weighted by Gasteiger charge is 2.29. The molecule has 1 aliphatic heterocycles. The van der Waals surface area contributed by atoms with Crippen molar-refractivity contribution in [2.24, 2.45) is 0 Å². The molecule has 0 saturated carbocycles. The van der Waals surface area contributed by atoms with E-state index in [-0.39, 0.29) is 148 Å². The van der Waals surface area contributed by atoms with Gasteiger partial charge < -0.3 is 55.8 Å². The Morgan fingerprint density at radius 3 is 1.70 bits per heavy atom. The molecule has 1 aromatic carbocycles. The van der Waals surface area contributed by atoms with E-state index in [2.05, 4.69) is 16.0 Å². The summed E-state index contributed by atoms with van der Waals surface area (Å²) in [5.74, 6) is -6.19. The summed E-state index contributed by atoms with van der Waals surface area (Å²) in [7, 11) is 0. The Morgan fingerprint density at radius 2 is 1.17 bits per heavy atom. The number of nitro groups is 1. The molecule has 1 aromatic heterocycles. The van der Waals surface area contributed by atoms with Crippen molar-refractivity contribution in [3.8, 4) is 0 Å². The average molecular weight is 980 g/mol. The molecule has 0 spiro atoms. The van der Waals surface area contributed by atoms with Crippen LogP contribution in [0.15, 0.2) is 47.3 Å². The molecule has 2 atom stereocenters. The quantitative estimate of drug-likeness (QED) is 0.0198. The normalized spacial score (nSPS) is 15.4. The molecule has 0 aliphatic carbocycles. The minimum absolute atomic E-state index is 0.00516. The summed E-state index contributed by atoms with van der Waals surface area (Å²) in [6.45, 7) is -0.210. The number of carboxylic acids is 4. The fraction of sp³-hybridized carbons (Fsp3) is 0.571. The van der Waals surface area contributed by atoms with Gasteiger partial charge in [0.05, 0.1) is 82.4 Å². The number of benzene rings is 1. The first-order chi connectivity index (χ1) is 32.9. The van der Waals surface area contributed by atoms with E-state index in [0.717, 1.165) is 6.07 Å². The molecule has 27 nitrogen and oxygen atoms in total. The standard InChI is InChI=1S/C42H61N9O18/c52-35(9-8-34(42(62)63)49-19-17-47(27-40(58)59)15-13-46(26-39(56)57)14-16-48(18-20-49)28-41(60)61)43-12-10-36(53)45-32(33-2-1-3-38(55)50(33)64)29-69-25-24-68-23-22-67-21-11-37(54)44-30-4-6-31(7-5-30)51(65)66/h1-7,32,34,64H,8-29H2,(H,43,52)(H,44,54)(H,45,53)(H,56,57)(H,58,59)(H,60,61)(H,62,63). The van der Waals surface area contributed by atoms with Gasteiger partial charge in [-0.1, -0.05) is 6.07 Å². The highest BCUT2D eigenvalue weighted by Crippen LogP contribution is 2.16. The zero-order valence-corrected chi connectivity index (χ0v) is 38.0. The van der Waals surface area contributed by atoms with Crippen LogP contribution < -0.4 is 21.5 Å². The van der Waals surface area contributed by atoms with Gasteiger partial charge >= 0.3 is 23.9 Å². The predicted octanol–water partition coefficient (Wildman–Crippen LogP) is -1.56. The van der Waals surface area contributed by atoms with Gasteiger partial charge in [-0.05, 0) is 24.6 Å². The lowest BCUT2D eigenvalue weighted by Gasteiger charge is -2.35. The highest BCUT2D eigenvalue weighted by atomic mass is 16.6. The first-order valence-corrected chi connectivity index (χ1v) is 22.0. The highest BCUT2D eigenvalue weighted by molar-refractivity contribution is 5.90. The predicted molar refractivity (Wildman–Crippen MR) is 240 cm³/mol. The van der Waals surface area contributed by atoms with Crippen LogP contribution in [0.2, 0.25) is 0 Å². The topological polar surface area (TPSA) is 363 Å². The van der Waals surface area contributed by atoms with E-state index < -0.39 is 71.3 Å². The van der Waals surface area contributed by atoms with Crippen molar-refractivity contribution in [1.82, 2.24) is 35.0 Å². The van der Waals surface area contributed by atoms with Crippen LogP contribution in [-0.4, -0.2) is 221 Å². The van der Waals surface area contributed by atoms with Crippen molar-refractivity contribution in [1.29, 1.82) is 0 Å². The SMILES string of the molecule is O=C(O)CN1CCN(CC(=O)O)CCN(C(CCC(=O)NCCC(=O)NC(COCCOCCOCCC(=O)Nc2ccc([N+](=O)[O-])cc2)c2cccc(=O)n2O)C(=O)O)CCN(CC(=O)O)CC1. The van der Waals surface area contributed by atoms with E-state index in [4.69, 9.17) is 14.2 Å². The number of hydrogen-bond acceptors (Lipinski definition) is 18. The second-order valence-corrected chi connectivity index (χ2v) is 15.7. The second-order valence-electron chi connectivity index (χ2n) is 15.7. The molecule has 27 heteroatoms. The molecule has 2 unspecified atom stereocenters. The number of hydrogen-bond donors (Lipinski definition) is 8. The largest absolute Gasteiger partial charge is 0.480 e. The smallest absolute Gasteiger partial charge is 0.320 e. The average Bonchev–Trinajstić information content (AvgIpc) is 3.27. The number of carbonyl (C=O) groups excluding carboxylic acids is 3. The summed E-state index contributed by atoms with van der Waals surface area (Å²) in [6, 6.07) is 7.00. The van der Waals surface area contributed by atoms with E-state index >= 15 is 0 Å². The van der Waals surface area contributed by atoms with Gasteiger partial charge in [0.15, 0.2) is 0 Å². The molecule has 69 heavy (non-hydrogen) atoms. The van der Waals surface area contributed by atoms with Gasteiger partial charge in [-0.3, -0.25) is 68.1 Å². The molecule has 1 fully saturated rings. The third-order valence-electron chi connectivity index (χ3n) is 10.5. The fourth-order valence-corrected chi connectivity index (χ4v) is 6.97. The maximum atomic E-state index is 13.0. The fourth-order valence-electron chi connectivity index (χ4n) is 6.97. The van der Waals surface area contributed by atoms with Gasteiger partial charge in [-0.2, -0.15) is 4.73 Å². The number of pyridine rings is 1. The van der Waals surface area contributed by atoms with Gasteiger partial charge in [0, 0.05) is 95.6 Å².